The number of hydrogen-bond acceptors (Lipinski definition) is 2. The molecule has 2 aliphatic rings. The van der Waals surface area contributed by atoms with Crippen molar-refractivity contribution in [3.05, 3.63) is 34.9 Å². The zero-order chi connectivity index (χ0) is 13.2. The van der Waals surface area contributed by atoms with Crippen LogP contribution in [0, 0.1) is 0 Å². The SMILES string of the molecule is CC(NC1CCCNC1=O)c1ccc2c(c1)CCC2. The van der Waals surface area contributed by atoms with E-state index in [2.05, 4.69) is 35.8 Å². The minimum Gasteiger partial charge on any atom is -0.355 e. The second-order valence-corrected chi connectivity index (χ2v) is 5.76. The van der Waals surface area contributed by atoms with E-state index in [1.54, 1.807) is 0 Å². The Morgan fingerprint density at radius 3 is 2.95 bits per heavy atom. The molecule has 1 aliphatic carbocycles. The normalized spacial score (nSPS) is 23.8. The van der Waals surface area contributed by atoms with Crippen LogP contribution in [0.25, 0.3) is 0 Å². The first-order valence-corrected chi connectivity index (χ1v) is 7.39. The van der Waals surface area contributed by atoms with E-state index in [0.717, 1.165) is 19.4 Å². The number of rotatable bonds is 3. The maximum Gasteiger partial charge on any atom is 0.237 e. The number of fused-ring (bicyclic) bond motifs is 1. The number of aryl methyl sites for hydroxylation is 2. The summed E-state index contributed by atoms with van der Waals surface area (Å²) >= 11 is 0. The fourth-order valence-corrected chi connectivity index (χ4v) is 3.19. The molecule has 19 heavy (non-hydrogen) atoms. The third-order valence-electron chi connectivity index (χ3n) is 4.36. The van der Waals surface area contributed by atoms with Crippen molar-refractivity contribution >= 4 is 5.91 Å². The molecule has 1 aromatic carbocycles. The van der Waals surface area contributed by atoms with Gasteiger partial charge in [-0.25, -0.2) is 0 Å². The van der Waals surface area contributed by atoms with Crippen LogP contribution in [0.3, 0.4) is 0 Å². The van der Waals surface area contributed by atoms with Gasteiger partial charge in [0.2, 0.25) is 5.91 Å². The molecule has 2 atom stereocenters. The summed E-state index contributed by atoms with van der Waals surface area (Å²) in [7, 11) is 0. The maximum atomic E-state index is 11.8. The van der Waals surface area contributed by atoms with Crippen LogP contribution in [0.15, 0.2) is 18.2 Å². The Labute approximate surface area is 114 Å². The van der Waals surface area contributed by atoms with Gasteiger partial charge in [-0.05, 0) is 55.7 Å². The number of piperidine rings is 1. The first-order chi connectivity index (χ1) is 9.24. The summed E-state index contributed by atoms with van der Waals surface area (Å²) in [4.78, 5) is 11.8. The van der Waals surface area contributed by atoms with Crippen LogP contribution in [-0.4, -0.2) is 18.5 Å². The number of benzene rings is 1. The summed E-state index contributed by atoms with van der Waals surface area (Å²) < 4.78 is 0. The van der Waals surface area contributed by atoms with E-state index < -0.39 is 0 Å². The Morgan fingerprint density at radius 2 is 2.11 bits per heavy atom. The average molecular weight is 258 g/mol. The molecule has 3 rings (SSSR count). The standard InChI is InChI=1S/C16H22N2O/c1-11(18-15-6-3-9-17-16(15)19)13-8-7-12-4-2-5-14(12)10-13/h7-8,10-11,15,18H,2-6,9H2,1H3,(H,17,19). The van der Waals surface area contributed by atoms with Gasteiger partial charge in [0.25, 0.3) is 0 Å². The minimum atomic E-state index is -0.0306. The predicted molar refractivity (Wildman–Crippen MR) is 76.0 cm³/mol. The third kappa shape index (κ3) is 2.66. The number of carbonyl (C=O) groups excluding carboxylic acids is 1. The summed E-state index contributed by atoms with van der Waals surface area (Å²) in [5.74, 6) is 0.152. The average Bonchev–Trinajstić information content (AvgIpc) is 2.88. The molecule has 1 aromatic rings. The van der Waals surface area contributed by atoms with Crippen molar-refractivity contribution in [2.45, 2.75) is 51.1 Å². The lowest BCUT2D eigenvalue weighted by Gasteiger charge is -2.26. The van der Waals surface area contributed by atoms with Gasteiger partial charge in [0, 0.05) is 12.6 Å². The number of nitrogens with one attached hydrogen (secondary N) is 2. The van der Waals surface area contributed by atoms with E-state index in [-0.39, 0.29) is 18.0 Å². The van der Waals surface area contributed by atoms with E-state index >= 15 is 0 Å². The fourth-order valence-electron chi connectivity index (χ4n) is 3.19. The quantitative estimate of drug-likeness (QED) is 0.872. The van der Waals surface area contributed by atoms with E-state index in [1.165, 1.54) is 36.0 Å². The molecule has 3 heteroatoms. The van der Waals surface area contributed by atoms with Gasteiger partial charge in [0.15, 0.2) is 0 Å². The molecule has 2 N–H and O–H groups in total. The molecule has 2 unspecified atom stereocenters. The minimum absolute atomic E-state index is 0.0306. The van der Waals surface area contributed by atoms with E-state index in [4.69, 9.17) is 0 Å². The topological polar surface area (TPSA) is 41.1 Å². The summed E-state index contributed by atoms with van der Waals surface area (Å²) in [5, 5.41) is 6.39. The third-order valence-corrected chi connectivity index (χ3v) is 4.36. The molecule has 1 heterocycles. The summed E-state index contributed by atoms with van der Waals surface area (Å²) in [6.45, 7) is 2.98. The molecule has 0 spiro atoms. The van der Waals surface area contributed by atoms with E-state index in [0.29, 0.717) is 0 Å². The van der Waals surface area contributed by atoms with Crippen LogP contribution in [0.2, 0.25) is 0 Å². The van der Waals surface area contributed by atoms with Crippen LogP contribution in [-0.2, 0) is 17.6 Å². The summed E-state index contributed by atoms with van der Waals surface area (Å²) in [6, 6.07) is 7.00. The molecule has 1 saturated heterocycles. The second-order valence-electron chi connectivity index (χ2n) is 5.76. The molecule has 1 amide bonds. The lowest BCUT2D eigenvalue weighted by Crippen LogP contribution is -2.48. The van der Waals surface area contributed by atoms with Gasteiger partial charge >= 0.3 is 0 Å². The monoisotopic (exact) mass is 258 g/mol. The molecular weight excluding hydrogens is 236 g/mol. The Bertz CT molecular complexity index is 484. The molecule has 3 nitrogen and oxygen atoms in total. The van der Waals surface area contributed by atoms with Gasteiger partial charge in [-0.2, -0.15) is 0 Å². The van der Waals surface area contributed by atoms with Gasteiger partial charge in [0.1, 0.15) is 0 Å². The second kappa shape index (κ2) is 5.33. The van der Waals surface area contributed by atoms with E-state index in [1.807, 2.05) is 0 Å². The summed E-state index contributed by atoms with van der Waals surface area (Å²) in [5.41, 5.74) is 4.31. The molecule has 0 radical (unpaired) electrons. The lowest BCUT2D eigenvalue weighted by atomic mass is 10.00. The molecule has 0 aromatic heterocycles. The largest absolute Gasteiger partial charge is 0.355 e. The van der Waals surface area contributed by atoms with Crippen molar-refractivity contribution in [2.24, 2.45) is 0 Å². The van der Waals surface area contributed by atoms with Crippen molar-refractivity contribution in [2.75, 3.05) is 6.54 Å². The van der Waals surface area contributed by atoms with Crippen LogP contribution < -0.4 is 10.6 Å². The zero-order valence-electron chi connectivity index (χ0n) is 11.5. The Balaban J connectivity index is 1.69. The molecular formula is C16H22N2O. The van der Waals surface area contributed by atoms with Crippen LogP contribution in [0.1, 0.15) is 48.9 Å². The lowest BCUT2D eigenvalue weighted by molar-refractivity contribution is -0.124. The highest BCUT2D eigenvalue weighted by Gasteiger charge is 2.24. The van der Waals surface area contributed by atoms with Gasteiger partial charge in [-0.3, -0.25) is 10.1 Å². The Kier molecular flexibility index (Phi) is 3.56. The van der Waals surface area contributed by atoms with Gasteiger partial charge in [-0.1, -0.05) is 18.2 Å². The maximum absolute atomic E-state index is 11.8. The first-order valence-electron chi connectivity index (χ1n) is 7.39. The fraction of sp³-hybridized carbons (Fsp3) is 0.562. The van der Waals surface area contributed by atoms with Crippen LogP contribution in [0.5, 0.6) is 0 Å². The molecule has 0 saturated carbocycles. The van der Waals surface area contributed by atoms with Crippen molar-refractivity contribution in [1.82, 2.24) is 10.6 Å². The zero-order valence-corrected chi connectivity index (χ0v) is 11.5. The Morgan fingerprint density at radius 1 is 1.26 bits per heavy atom. The first kappa shape index (κ1) is 12.7. The van der Waals surface area contributed by atoms with Gasteiger partial charge in [0.05, 0.1) is 6.04 Å². The summed E-state index contributed by atoms with van der Waals surface area (Å²) in [6.07, 6.45) is 5.73. The molecule has 0 bridgehead atoms. The van der Waals surface area contributed by atoms with Gasteiger partial charge in [-0.15, -0.1) is 0 Å². The van der Waals surface area contributed by atoms with Crippen molar-refractivity contribution in [3.8, 4) is 0 Å². The smallest absolute Gasteiger partial charge is 0.237 e. The predicted octanol–water partition coefficient (Wildman–Crippen LogP) is 2.10. The van der Waals surface area contributed by atoms with Crippen molar-refractivity contribution < 1.29 is 4.79 Å². The molecule has 102 valence electrons. The van der Waals surface area contributed by atoms with Crippen LogP contribution >= 0.6 is 0 Å². The number of carbonyl (C=O) groups is 1. The van der Waals surface area contributed by atoms with Gasteiger partial charge < -0.3 is 5.32 Å². The van der Waals surface area contributed by atoms with Crippen molar-refractivity contribution in [3.63, 3.8) is 0 Å². The van der Waals surface area contributed by atoms with E-state index in [9.17, 15) is 4.79 Å². The highest BCUT2D eigenvalue weighted by atomic mass is 16.2. The van der Waals surface area contributed by atoms with Crippen molar-refractivity contribution in [1.29, 1.82) is 0 Å². The van der Waals surface area contributed by atoms with Crippen LogP contribution in [0.4, 0.5) is 0 Å². The molecule has 1 fully saturated rings. The Hall–Kier alpha value is -1.35. The number of hydrogen-bond donors (Lipinski definition) is 2. The number of amides is 1. The highest BCUT2D eigenvalue weighted by Crippen LogP contribution is 2.25. The molecule has 1 aliphatic heterocycles. The highest BCUT2D eigenvalue weighted by molar-refractivity contribution is 5.82.